The second-order valence-electron chi connectivity index (χ2n) is 4.71. The van der Waals surface area contributed by atoms with Gasteiger partial charge in [-0.3, -0.25) is 4.79 Å². The third-order valence-electron chi connectivity index (χ3n) is 3.10. The summed E-state index contributed by atoms with van der Waals surface area (Å²) >= 11 is 7.38. The van der Waals surface area contributed by atoms with Crippen LogP contribution in [0, 0.1) is 11.3 Å². The fraction of sp³-hybridized carbons (Fsp3) is 0.176. The molecule has 1 amide bonds. The number of amides is 1. The van der Waals surface area contributed by atoms with Crippen LogP contribution in [0.25, 0.3) is 0 Å². The molecule has 2 aromatic carbocycles. The Morgan fingerprint density at radius 2 is 2.09 bits per heavy atom. The van der Waals surface area contributed by atoms with Crippen molar-refractivity contribution in [2.45, 2.75) is 17.1 Å². The van der Waals surface area contributed by atoms with Gasteiger partial charge in [0.1, 0.15) is 11.8 Å². The van der Waals surface area contributed by atoms with Gasteiger partial charge in [0.25, 0.3) is 0 Å². The first-order chi connectivity index (χ1) is 11.0. The van der Waals surface area contributed by atoms with Gasteiger partial charge in [-0.25, -0.2) is 0 Å². The number of para-hydroxylation sites is 1. The van der Waals surface area contributed by atoms with E-state index in [1.165, 1.54) is 11.8 Å². The number of anilines is 1. The highest BCUT2D eigenvalue weighted by atomic mass is 35.5. The van der Waals surface area contributed by atoms with Crippen molar-refractivity contribution in [1.82, 2.24) is 0 Å². The van der Waals surface area contributed by atoms with Gasteiger partial charge in [-0.1, -0.05) is 23.7 Å². The van der Waals surface area contributed by atoms with Crippen LogP contribution in [-0.4, -0.2) is 18.3 Å². The van der Waals surface area contributed by atoms with Gasteiger partial charge in [0.15, 0.2) is 0 Å². The summed E-state index contributed by atoms with van der Waals surface area (Å²) in [5.41, 5.74) is 0.938. The molecule has 0 saturated carbocycles. The third kappa shape index (κ3) is 4.41. The summed E-state index contributed by atoms with van der Waals surface area (Å²) in [5.74, 6) is 0.584. The number of halogens is 1. The number of carbonyl (C=O) groups is 1. The van der Waals surface area contributed by atoms with E-state index in [0.717, 1.165) is 10.6 Å². The predicted molar refractivity (Wildman–Crippen MR) is 93.1 cm³/mol. The van der Waals surface area contributed by atoms with E-state index in [4.69, 9.17) is 21.6 Å². The van der Waals surface area contributed by atoms with Crippen molar-refractivity contribution in [1.29, 1.82) is 5.26 Å². The van der Waals surface area contributed by atoms with E-state index in [1.54, 1.807) is 25.3 Å². The molecule has 4 nitrogen and oxygen atoms in total. The Hall–Kier alpha value is -2.16. The molecule has 1 N–H and O–H groups in total. The number of nitrogens with zero attached hydrogens (tertiary/aromatic N) is 1. The van der Waals surface area contributed by atoms with E-state index >= 15 is 0 Å². The summed E-state index contributed by atoms with van der Waals surface area (Å²) in [6.07, 6.45) is 0. The molecule has 0 bridgehead atoms. The largest absolute Gasteiger partial charge is 0.496 e. The molecule has 2 aromatic rings. The van der Waals surface area contributed by atoms with Crippen LogP contribution in [0.1, 0.15) is 12.5 Å². The Kier molecular flexibility index (Phi) is 5.91. The van der Waals surface area contributed by atoms with E-state index in [1.807, 2.05) is 37.3 Å². The first-order valence-corrected chi connectivity index (χ1v) is 8.11. The smallest absolute Gasteiger partial charge is 0.237 e. The molecule has 0 aliphatic carbocycles. The minimum absolute atomic E-state index is 0.151. The highest BCUT2D eigenvalue weighted by Crippen LogP contribution is 2.32. The molecule has 6 heteroatoms. The molecular formula is C17H15ClN2O2S. The molecule has 0 aliphatic rings. The van der Waals surface area contributed by atoms with Crippen molar-refractivity contribution in [2.24, 2.45) is 0 Å². The average molecular weight is 347 g/mol. The number of nitriles is 1. The van der Waals surface area contributed by atoms with Gasteiger partial charge in [0.05, 0.1) is 27.8 Å². The lowest BCUT2D eigenvalue weighted by atomic mass is 10.2. The number of hydrogen-bond acceptors (Lipinski definition) is 4. The molecule has 0 radical (unpaired) electrons. The van der Waals surface area contributed by atoms with Crippen molar-refractivity contribution in [3.63, 3.8) is 0 Å². The Morgan fingerprint density at radius 3 is 2.74 bits per heavy atom. The van der Waals surface area contributed by atoms with Crippen molar-refractivity contribution in [2.75, 3.05) is 12.4 Å². The summed E-state index contributed by atoms with van der Waals surface area (Å²) in [6.45, 7) is 1.82. The second kappa shape index (κ2) is 7.91. The van der Waals surface area contributed by atoms with E-state index in [2.05, 4.69) is 5.32 Å². The molecule has 2 rings (SSSR count). The summed E-state index contributed by atoms with van der Waals surface area (Å²) < 4.78 is 5.28. The molecule has 1 unspecified atom stereocenters. The maximum absolute atomic E-state index is 12.3. The number of nitrogens with one attached hydrogen (secondary N) is 1. The zero-order valence-corrected chi connectivity index (χ0v) is 14.2. The second-order valence-corrected chi connectivity index (χ2v) is 6.50. The Balaban J connectivity index is 2.05. The van der Waals surface area contributed by atoms with Gasteiger partial charge in [0, 0.05) is 5.69 Å². The number of thioether (sulfide) groups is 1. The highest BCUT2D eigenvalue weighted by molar-refractivity contribution is 8.00. The number of rotatable bonds is 5. The maximum atomic E-state index is 12.3. The lowest BCUT2D eigenvalue weighted by molar-refractivity contribution is -0.115. The van der Waals surface area contributed by atoms with Crippen LogP contribution in [0.5, 0.6) is 5.75 Å². The molecule has 23 heavy (non-hydrogen) atoms. The van der Waals surface area contributed by atoms with Gasteiger partial charge in [-0.05, 0) is 37.3 Å². The normalized spacial score (nSPS) is 11.4. The monoisotopic (exact) mass is 346 g/mol. The van der Waals surface area contributed by atoms with Gasteiger partial charge in [-0.15, -0.1) is 11.8 Å². The third-order valence-corrected chi connectivity index (χ3v) is 4.57. The predicted octanol–water partition coefficient (Wildman–Crippen LogP) is 4.34. The van der Waals surface area contributed by atoms with Crippen molar-refractivity contribution < 1.29 is 9.53 Å². The molecule has 0 saturated heterocycles. The number of carbonyl (C=O) groups excluding carboxylic acids is 1. The minimum Gasteiger partial charge on any atom is -0.496 e. The van der Waals surface area contributed by atoms with E-state index in [9.17, 15) is 4.79 Å². The van der Waals surface area contributed by atoms with Crippen LogP contribution < -0.4 is 10.1 Å². The van der Waals surface area contributed by atoms with Crippen LogP contribution in [-0.2, 0) is 4.79 Å². The Morgan fingerprint density at radius 1 is 1.35 bits per heavy atom. The van der Waals surface area contributed by atoms with Gasteiger partial charge >= 0.3 is 0 Å². The van der Waals surface area contributed by atoms with Crippen molar-refractivity contribution in [3.8, 4) is 11.8 Å². The molecule has 0 aliphatic heterocycles. The Bertz CT molecular complexity index is 758. The summed E-state index contributed by atoms with van der Waals surface area (Å²) in [7, 11) is 1.60. The zero-order chi connectivity index (χ0) is 16.8. The van der Waals surface area contributed by atoms with Gasteiger partial charge < -0.3 is 10.1 Å². The first-order valence-electron chi connectivity index (χ1n) is 6.85. The maximum Gasteiger partial charge on any atom is 0.237 e. The fourth-order valence-electron chi connectivity index (χ4n) is 1.89. The number of benzene rings is 2. The molecule has 0 heterocycles. The quantitative estimate of drug-likeness (QED) is 0.818. The molecule has 0 spiro atoms. The van der Waals surface area contributed by atoms with Crippen LogP contribution in [0.4, 0.5) is 5.69 Å². The van der Waals surface area contributed by atoms with Crippen LogP contribution in [0.3, 0.4) is 0 Å². The van der Waals surface area contributed by atoms with E-state index in [0.29, 0.717) is 16.3 Å². The van der Waals surface area contributed by atoms with Crippen molar-refractivity contribution in [3.05, 3.63) is 53.1 Å². The van der Waals surface area contributed by atoms with Crippen molar-refractivity contribution >= 4 is 35.0 Å². The lowest BCUT2D eigenvalue weighted by Crippen LogP contribution is -2.22. The van der Waals surface area contributed by atoms with E-state index in [-0.39, 0.29) is 11.2 Å². The minimum atomic E-state index is -0.319. The average Bonchev–Trinajstić information content (AvgIpc) is 2.55. The lowest BCUT2D eigenvalue weighted by Gasteiger charge is -2.14. The number of hydrogen-bond donors (Lipinski definition) is 1. The topological polar surface area (TPSA) is 62.1 Å². The van der Waals surface area contributed by atoms with Crippen LogP contribution >= 0.6 is 23.4 Å². The molecular weight excluding hydrogens is 332 g/mol. The summed E-state index contributed by atoms with van der Waals surface area (Å²) in [4.78, 5) is 13.2. The SMILES string of the molecule is COc1ccccc1SC(C)C(=O)Nc1ccc(C#N)c(Cl)c1. The summed E-state index contributed by atoms with van der Waals surface area (Å²) in [5, 5.41) is 11.6. The van der Waals surface area contributed by atoms with Gasteiger partial charge in [0.2, 0.25) is 5.91 Å². The Labute approximate surface area is 144 Å². The number of methoxy groups -OCH3 is 1. The molecule has 0 aromatic heterocycles. The summed E-state index contributed by atoms with van der Waals surface area (Å²) in [6, 6.07) is 14.3. The standard InChI is InChI=1S/C17H15ClN2O2S/c1-11(23-16-6-4-3-5-15(16)22-2)17(21)20-13-8-7-12(10-19)14(18)9-13/h3-9,11H,1-2H3,(H,20,21). The molecule has 0 fully saturated rings. The van der Waals surface area contributed by atoms with Crippen LogP contribution in [0.2, 0.25) is 5.02 Å². The molecule has 118 valence electrons. The molecule has 1 atom stereocenters. The van der Waals surface area contributed by atoms with Gasteiger partial charge in [-0.2, -0.15) is 5.26 Å². The van der Waals surface area contributed by atoms with E-state index < -0.39 is 0 Å². The first kappa shape index (κ1) is 17.2. The number of ether oxygens (including phenoxy) is 1. The van der Waals surface area contributed by atoms with Crippen LogP contribution in [0.15, 0.2) is 47.4 Å². The highest BCUT2D eigenvalue weighted by Gasteiger charge is 2.17. The fourth-order valence-corrected chi connectivity index (χ4v) is 3.08. The zero-order valence-electron chi connectivity index (χ0n) is 12.7.